The summed E-state index contributed by atoms with van der Waals surface area (Å²) in [5.41, 5.74) is 5.65. The van der Waals surface area contributed by atoms with E-state index in [-0.39, 0.29) is 5.92 Å². The molecule has 3 nitrogen and oxygen atoms in total. The molecule has 3 aromatic carbocycles. The minimum absolute atomic E-state index is 0.0584. The van der Waals surface area contributed by atoms with Gasteiger partial charge in [-0.05, 0) is 56.4 Å². The smallest absolute Gasteiger partial charge is 0.407 e. The van der Waals surface area contributed by atoms with Crippen LogP contribution in [0.25, 0.3) is 11.1 Å². The SMILES string of the molecule is O=C(NCCC#Cc1cc(Cl)ccc1Br)OCC1c2ccccc2-c2ccccc21. The maximum Gasteiger partial charge on any atom is 0.407 e. The summed E-state index contributed by atoms with van der Waals surface area (Å²) in [5, 5.41) is 3.40. The van der Waals surface area contributed by atoms with Crippen LogP contribution in [0.1, 0.15) is 29.0 Å². The Hall–Kier alpha value is -2.74. The van der Waals surface area contributed by atoms with Crippen molar-refractivity contribution in [1.82, 2.24) is 5.32 Å². The predicted octanol–water partition coefficient (Wildman–Crippen LogP) is 6.38. The molecular weight excluding hydrogens is 462 g/mol. The second-order valence-electron chi connectivity index (χ2n) is 6.93. The summed E-state index contributed by atoms with van der Waals surface area (Å²) < 4.78 is 6.41. The third-order valence-electron chi connectivity index (χ3n) is 5.01. The highest BCUT2D eigenvalue weighted by molar-refractivity contribution is 9.10. The van der Waals surface area contributed by atoms with E-state index in [0.717, 1.165) is 10.0 Å². The van der Waals surface area contributed by atoms with E-state index in [1.807, 2.05) is 30.3 Å². The van der Waals surface area contributed by atoms with Gasteiger partial charge >= 0.3 is 6.09 Å². The average Bonchev–Trinajstić information content (AvgIpc) is 3.08. The molecule has 0 radical (unpaired) electrons. The molecule has 0 atom stereocenters. The van der Waals surface area contributed by atoms with Gasteiger partial charge in [-0.3, -0.25) is 0 Å². The summed E-state index contributed by atoms with van der Waals surface area (Å²) in [7, 11) is 0. The lowest BCUT2D eigenvalue weighted by Crippen LogP contribution is -2.26. The Morgan fingerprint density at radius 3 is 2.40 bits per heavy atom. The van der Waals surface area contributed by atoms with Crippen LogP contribution in [0.5, 0.6) is 0 Å². The molecule has 0 unspecified atom stereocenters. The maximum atomic E-state index is 12.1. The summed E-state index contributed by atoms with van der Waals surface area (Å²) in [5.74, 6) is 6.15. The normalized spacial score (nSPS) is 11.8. The number of benzene rings is 3. The van der Waals surface area contributed by atoms with Crippen molar-refractivity contribution in [1.29, 1.82) is 0 Å². The maximum absolute atomic E-state index is 12.1. The largest absolute Gasteiger partial charge is 0.449 e. The molecule has 3 aromatic rings. The van der Waals surface area contributed by atoms with Gasteiger partial charge < -0.3 is 10.1 Å². The number of carbonyl (C=O) groups is 1. The Morgan fingerprint density at radius 1 is 1.03 bits per heavy atom. The van der Waals surface area contributed by atoms with Crippen molar-refractivity contribution in [2.45, 2.75) is 12.3 Å². The van der Waals surface area contributed by atoms with Gasteiger partial charge in [0.1, 0.15) is 6.61 Å². The van der Waals surface area contributed by atoms with Crippen LogP contribution in [0.2, 0.25) is 5.02 Å². The van der Waals surface area contributed by atoms with Crippen molar-refractivity contribution in [2.24, 2.45) is 0 Å². The molecule has 0 saturated carbocycles. The van der Waals surface area contributed by atoms with E-state index in [1.165, 1.54) is 22.3 Å². The van der Waals surface area contributed by atoms with E-state index in [4.69, 9.17) is 16.3 Å². The minimum Gasteiger partial charge on any atom is -0.449 e. The van der Waals surface area contributed by atoms with Gasteiger partial charge in [-0.25, -0.2) is 4.79 Å². The molecule has 1 N–H and O–H groups in total. The fourth-order valence-electron chi connectivity index (χ4n) is 3.63. The Morgan fingerprint density at radius 2 is 1.70 bits per heavy atom. The monoisotopic (exact) mass is 479 g/mol. The topological polar surface area (TPSA) is 38.3 Å². The molecule has 30 heavy (non-hydrogen) atoms. The number of hydrogen-bond donors (Lipinski definition) is 1. The molecule has 1 amide bonds. The standard InChI is InChI=1S/C25H19BrClNO2/c26-24-13-12-18(27)15-17(24)7-5-6-14-28-25(29)30-16-23-21-10-3-1-8-19(21)20-9-2-4-11-22(20)23/h1-4,8-13,15,23H,6,14,16H2,(H,28,29). The van der Waals surface area contributed by atoms with Gasteiger partial charge in [0, 0.05) is 33.9 Å². The highest BCUT2D eigenvalue weighted by atomic mass is 79.9. The van der Waals surface area contributed by atoms with Gasteiger partial charge in [-0.15, -0.1) is 0 Å². The molecule has 150 valence electrons. The molecule has 5 heteroatoms. The Bertz CT molecular complexity index is 1100. The molecule has 0 saturated heterocycles. The van der Waals surface area contributed by atoms with Crippen molar-refractivity contribution < 1.29 is 9.53 Å². The predicted molar refractivity (Wildman–Crippen MR) is 124 cm³/mol. The van der Waals surface area contributed by atoms with E-state index >= 15 is 0 Å². The highest BCUT2D eigenvalue weighted by Gasteiger charge is 2.28. The van der Waals surface area contributed by atoms with Gasteiger partial charge in [-0.1, -0.05) is 72.0 Å². The van der Waals surface area contributed by atoms with Crippen LogP contribution in [-0.4, -0.2) is 19.2 Å². The summed E-state index contributed by atoms with van der Waals surface area (Å²) in [4.78, 5) is 12.1. The third-order valence-corrected chi connectivity index (χ3v) is 5.94. The van der Waals surface area contributed by atoms with Crippen LogP contribution >= 0.6 is 27.5 Å². The molecule has 0 heterocycles. The molecule has 4 rings (SSSR count). The number of nitrogens with one attached hydrogen (secondary N) is 1. The Labute approximate surface area is 189 Å². The van der Waals surface area contributed by atoms with Crippen LogP contribution < -0.4 is 5.32 Å². The number of carbonyl (C=O) groups excluding carboxylic acids is 1. The summed E-state index contributed by atoms with van der Waals surface area (Å²) in [6.07, 6.45) is 0.0889. The first-order valence-corrected chi connectivity index (χ1v) is 10.8. The number of ether oxygens (including phenoxy) is 1. The van der Waals surface area contributed by atoms with E-state index in [0.29, 0.717) is 24.6 Å². The second kappa shape index (κ2) is 9.38. The van der Waals surface area contributed by atoms with Gasteiger partial charge in [-0.2, -0.15) is 0 Å². The van der Waals surface area contributed by atoms with Crippen LogP contribution in [0, 0.1) is 11.8 Å². The van der Waals surface area contributed by atoms with Crippen molar-refractivity contribution in [3.63, 3.8) is 0 Å². The molecular formula is C25H19BrClNO2. The molecule has 1 aliphatic carbocycles. The van der Waals surface area contributed by atoms with Crippen molar-refractivity contribution in [3.05, 3.63) is 92.9 Å². The van der Waals surface area contributed by atoms with E-state index < -0.39 is 6.09 Å². The molecule has 0 spiro atoms. The molecule has 0 bridgehead atoms. The first kappa shape index (κ1) is 20.5. The number of rotatable bonds is 4. The van der Waals surface area contributed by atoms with E-state index in [2.05, 4.69) is 57.4 Å². The van der Waals surface area contributed by atoms with Crippen LogP contribution in [0.15, 0.2) is 71.2 Å². The van der Waals surface area contributed by atoms with Crippen molar-refractivity contribution in [2.75, 3.05) is 13.2 Å². The third kappa shape index (κ3) is 4.53. The van der Waals surface area contributed by atoms with Gasteiger partial charge in [0.25, 0.3) is 0 Å². The number of hydrogen-bond acceptors (Lipinski definition) is 2. The Balaban J connectivity index is 1.30. The minimum atomic E-state index is -0.428. The zero-order valence-corrected chi connectivity index (χ0v) is 18.5. The summed E-state index contributed by atoms with van der Waals surface area (Å²) >= 11 is 9.44. The number of fused-ring (bicyclic) bond motifs is 3. The summed E-state index contributed by atoms with van der Waals surface area (Å²) in [6, 6.07) is 22.0. The van der Waals surface area contributed by atoms with Gasteiger partial charge in [0.05, 0.1) is 0 Å². The van der Waals surface area contributed by atoms with Crippen LogP contribution in [0.3, 0.4) is 0 Å². The Kier molecular flexibility index (Phi) is 6.42. The second-order valence-corrected chi connectivity index (χ2v) is 8.22. The number of halogens is 2. The lowest BCUT2D eigenvalue weighted by molar-refractivity contribution is 0.143. The highest BCUT2D eigenvalue weighted by Crippen LogP contribution is 2.44. The zero-order valence-electron chi connectivity index (χ0n) is 16.1. The molecule has 0 aromatic heterocycles. The molecule has 1 aliphatic rings. The lowest BCUT2D eigenvalue weighted by Gasteiger charge is -2.14. The van der Waals surface area contributed by atoms with Crippen LogP contribution in [-0.2, 0) is 4.74 Å². The summed E-state index contributed by atoms with van der Waals surface area (Å²) in [6.45, 7) is 0.725. The first-order chi connectivity index (χ1) is 14.6. The van der Waals surface area contributed by atoms with E-state index in [1.54, 1.807) is 12.1 Å². The molecule has 0 fully saturated rings. The number of alkyl carbamates (subject to hydrolysis) is 1. The number of amides is 1. The quantitative estimate of drug-likeness (QED) is 0.347. The first-order valence-electron chi connectivity index (χ1n) is 9.66. The van der Waals surface area contributed by atoms with E-state index in [9.17, 15) is 4.79 Å². The lowest BCUT2D eigenvalue weighted by atomic mass is 9.98. The van der Waals surface area contributed by atoms with Crippen molar-refractivity contribution >= 4 is 33.6 Å². The fourth-order valence-corrected chi connectivity index (χ4v) is 4.15. The van der Waals surface area contributed by atoms with Gasteiger partial charge in [0.15, 0.2) is 0 Å². The zero-order chi connectivity index (χ0) is 20.9. The molecule has 0 aliphatic heterocycles. The van der Waals surface area contributed by atoms with Crippen molar-refractivity contribution in [3.8, 4) is 23.0 Å². The average molecular weight is 481 g/mol. The van der Waals surface area contributed by atoms with Gasteiger partial charge in [0.2, 0.25) is 0 Å². The fraction of sp³-hybridized carbons (Fsp3) is 0.160. The van der Waals surface area contributed by atoms with Crippen LogP contribution in [0.4, 0.5) is 4.79 Å².